The maximum atomic E-state index is 10.1. The number of hydrogen-bond donors (Lipinski definition) is 1. The summed E-state index contributed by atoms with van der Waals surface area (Å²) >= 11 is 0. The number of nitrogens with zero attached hydrogens (tertiary/aromatic N) is 2. The molecule has 0 bridgehead atoms. The molecule has 1 heterocycles. The van der Waals surface area contributed by atoms with Crippen molar-refractivity contribution < 1.29 is 5.11 Å². The molecule has 0 saturated carbocycles. The summed E-state index contributed by atoms with van der Waals surface area (Å²) in [6.07, 6.45) is 0.488. The van der Waals surface area contributed by atoms with Crippen molar-refractivity contribution >= 4 is 0 Å². The molecule has 1 aliphatic rings. The third kappa shape index (κ3) is 3.55. The molecular formula is C15H24N2O. The summed E-state index contributed by atoms with van der Waals surface area (Å²) in [4.78, 5) is 4.85. The molecule has 3 heteroatoms. The maximum Gasteiger partial charge on any atom is 0.0802 e. The monoisotopic (exact) mass is 248 g/mol. The van der Waals surface area contributed by atoms with Gasteiger partial charge in [0.1, 0.15) is 0 Å². The molecule has 0 aliphatic carbocycles. The number of piperazine rings is 1. The fourth-order valence-corrected chi connectivity index (χ4v) is 2.47. The minimum atomic E-state index is -0.332. The average Bonchev–Trinajstić information content (AvgIpc) is 2.41. The summed E-state index contributed by atoms with van der Waals surface area (Å²) in [6.45, 7) is 6.59. The first-order valence-corrected chi connectivity index (χ1v) is 6.82. The second-order valence-corrected chi connectivity index (χ2v) is 5.35. The van der Waals surface area contributed by atoms with E-state index in [1.807, 2.05) is 30.3 Å². The molecule has 1 saturated heterocycles. The minimum Gasteiger partial charge on any atom is -0.388 e. The van der Waals surface area contributed by atoms with Crippen molar-refractivity contribution in [3.8, 4) is 0 Å². The van der Waals surface area contributed by atoms with Gasteiger partial charge in [-0.3, -0.25) is 0 Å². The molecule has 1 aliphatic heterocycles. The molecule has 1 aromatic carbocycles. The van der Waals surface area contributed by atoms with Gasteiger partial charge in [-0.15, -0.1) is 0 Å². The smallest absolute Gasteiger partial charge is 0.0802 e. The topological polar surface area (TPSA) is 26.7 Å². The summed E-state index contributed by atoms with van der Waals surface area (Å²) < 4.78 is 0. The number of rotatable bonds is 4. The lowest BCUT2D eigenvalue weighted by molar-refractivity contribution is 0.0839. The van der Waals surface area contributed by atoms with Crippen LogP contribution in [0.2, 0.25) is 0 Å². The summed E-state index contributed by atoms with van der Waals surface area (Å²) in [6, 6.07) is 10.6. The van der Waals surface area contributed by atoms with Crippen LogP contribution in [-0.2, 0) is 0 Å². The highest BCUT2D eigenvalue weighted by atomic mass is 16.3. The standard InChI is InChI=1S/C15H24N2O/c1-13-12-17(11-10-16(13)2)9-8-15(18)14-6-4-3-5-7-14/h3-7,13,15,18H,8-12H2,1-2H3. The van der Waals surface area contributed by atoms with Crippen LogP contribution in [0.3, 0.4) is 0 Å². The average molecular weight is 248 g/mol. The summed E-state index contributed by atoms with van der Waals surface area (Å²) in [5.41, 5.74) is 1.03. The number of benzene rings is 1. The van der Waals surface area contributed by atoms with Crippen molar-refractivity contribution in [2.75, 3.05) is 33.2 Å². The van der Waals surface area contributed by atoms with Crippen molar-refractivity contribution in [2.45, 2.75) is 25.5 Å². The zero-order chi connectivity index (χ0) is 13.0. The molecule has 1 fully saturated rings. The molecule has 1 N–H and O–H groups in total. The Morgan fingerprint density at radius 2 is 2.00 bits per heavy atom. The third-order valence-electron chi connectivity index (χ3n) is 3.95. The van der Waals surface area contributed by atoms with Crippen molar-refractivity contribution in [2.24, 2.45) is 0 Å². The summed E-state index contributed by atoms with van der Waals surface area (Å²) in [7, 11) is 2.18. The molecule has 3 nitrogen and oxygen atoms in total. The lowest BCUT2D eigenvalue weighted by Crippen LogP contribution is -2.50. The number of likely N-dealkylation sites (N-methyl/N-ethyl adjacent to an activating group) is 1. The molecule has 18 heavy (non-hydrogen) atoms. The number of aliphatic hydroxyl groups is 1. The Morgan fingerprint density at radius 3 is 2.67 bits per heavy atom. The van der Waals surface area contributed by atoms with Gasteiger partial charge in [0.15, 0.2) is 0 Å². The summed E-state index contributed by atoms with van der Waals surface area (Å²) in [5.74, 6) is 0. The highest BCUT2D eigenvalue weighted by Gasteiger charge is 2.20. The Balaban J connectivity index is 1.78. The van der Waals surface area contributed by atoms with Crippen LogP contribution in [0.4, 0.5) is 0 Å². The highest BCUT2D eigenvalue weighted by molar-refractivity contribution is 5.17. The van der Waals surface area contributed by atoms with Gasteiger partial charge in [-0.2, -0.15) is 0 Å². The van der Waals surface area contributed by atoms with Gasteiger partial charge in [0.25, 0.3) is 0 Å². The van der Waals surface area contributed by atoms with Gasteiger partial charge >= 0.3 is 0 Å². The molecular weight excluding hydrogens is 224 g/mol. The lowest BCUT2D eigenvalue weighted by atomic mass is 10.1. The molecule has 2 unspecified atom stereocenters. The van der Waals surface area contributed by atoms with Gasteiger partial charge in [0, 0.05) is 32.2 Å². The van der Waals surface area contributed by atoms with Crippen LogP contribution in [0.1, 0.15) is 25.0 Å². The Morgan fingerprint density at radius 1 is 1.28 bits per heavy atom. The van der Waals surface area contributed by atoms with Gasteiger partial charge in [-0.05, 0) is 26.0 Å². The zero-order valence-electron chi connectivity index (χ0n) is 11.4. The van der Waals surface area contributed by atoms with Crippen LogP contribution in [0.15, 0.2) is 30.3 Å². The molecule has 2 rings (SSSR count). The second-order valence-electron chi connectivity index (χ2n) is 5.35. The van der Waals surface area contributed by atoms with Crippen LogP contribution in [0.25, 0.3) is 0 Å². The van der Waals surface area contributed by atoms with Crippen molar-refractivity contribution in [3.63, 3.8) is 0 Å². The van der Waals surface area contributed by atoms with Crippen LogP contribution in [0.5, 0.6) is 0 Å². The fraction of sp³-hybridized carbons (Fsp3) is 0.600. The van der Waals surface area contributed by atoms with Gasteiger partial charge in [0.05, 0.1) is 6.10 Å². The van der Waals surface area contributed by atoms with Crippen molar-refractivity contribution in [1.82, 2.24) is 9.80 Å². The van der Waals surface area contributed by atoms with E-state index in [2.05, 4.69) is 23.8 Å². The quantitative estimate of drug-likeness (QED) is 0.879. The zero-order valence-corrected chi connectivity index (χ0v) is 11.4. The minimum absolute atomic E-state index is 0.332. The van der Waals surface area contributed by atoms with Crippen LogP contribution >= 0.6 is 0 Å². The maximum absolute atomic E-state index is 10.1. The van der Waals surface area contributed by atoms with Crippen LogP contribution < -0.4 is 0 Å². The number of hydrogen-bond acceptors (Lipinski definition) is 3. The van der Waals surface area contributed by atoms with E-state index in [-0.39, 0.29) is 6.10 Å². The molecule has 0 radical (unpaired) electrons. The van der Waals surface area contributed by atoms with Crippen molar-refractivity contribution in [3.05, 3.63) is 35.9 Å². The molecule has 0 spiro atoms. The Kier molecular flexibility index (Phi) is 4.75. The van der Waals surface area contributed by atoms with Crippen LogP contribution in [0, 0.1) is 0 Å². The first-order valence-electron chi connectivity index (χ1n) is 6.82. The Bertz CT molecular complexity index is 355. The Labute approximate surface area is 110 Å². The van der Waals surface area contributed by atoms with E-state index < -0.39 is 0 Å². The van der Waals surface area contributed by atoms with E-state index in [9.17, 15) is 5.11 Å². The van der Waals surface area contributed by atoms with E-state index in [0.717, 1.165) is 38.2 Å². The first kappa shape index (κ1) is 13.5. The molecule has 100 valence electrons. The predicted octanol–water partition coefficient (Wildman–Crippen LogP) is 1.75. The Hall–Kier alpha value is -0.900. The molecule has 2 atom stereocenters. The van der Waals surface area contributed by atoms with Gasteiger partial charge in [-0.25, -0.2) is 0 Å². The van der Waals surface area contributed by atoms with E-state index in [0.29, 0.717) is 6.04 Å². The van der Waals surface area contributed by atoms with Crippen LogP contribution in [-0.4, -0.2) is 54.2 Å². The van der Waals surface area contributed by atoms with E-state index in [1.54, 1.807) is 0 Å². The van der Waals surface area contributed by atoms with E-state index in [4.69, 9.17) is 0 Å². The summed E-state index contributed by atoms with van der Waals surface area (Å²) in [5, 5.41) is 10.1. The third-order valence-corrected chi connectivity index (χ3v) is 3.95. The molecule has 1 aromatic rings. The van der Waals surface area contributed by atoms with Gasteiger partial charge in [-0.1, -0.05) is 30.3 Å². The number of aliphatic hydroxyl groups excluding tert-OH is 1. The normalized spacial score (nSPS) is 24.1. The highest BCUT2D eigenvalue weighted by Crippen LogP contribution is 2.17. The fourth-order valence-electron chi connectivity index (χ4n) is 2.47. The lowest BCUT2D eigenvalue weighted by Gasteiger charge is -2.38. The SMILES string of the molecule is CC1CN(CCC(O)c2ccccc2)CCN1C. The molecule has 0 amide bonds. The largest absolute Gasteiger partial charge is 0.388 e. The van der Waals surface area contributed by atoms with Gasteiger partial charge < -0.3 is 14.9 Å². The van der Waals surface area contributed by atoms with Crippen molar-refractivity contribution in [1.29, 1.82) is 0 Å². The first-order chi connectivity index (χ1) is 8.66. The second kappa shape index (κ2) is 6.32. The predicted molar refractivity (Wildman–Crippen MR) is 74.6 cm³/mol. The van der Waals surface area contributed by atoms with E-state index in [1.165, 1.54) is 0 Å². The molecule has 0 aromatic heterocycles. The van der Waals surface area contributed by atoms with E-state index >= 15 is 0 Å². The van der Waals surface area contributed by atoms with Gasteiger partial charge in [0.2, 0.25) is 0 Å².